The summed E-state index contributed by atoms with van der Waals surface area (Å²) in [7, 11) is -2.06. The third kappa shape index (κ3) is 4.90. The summed E-state index contributed by atoms with van der Waals surface area (Å²) < 4.78 is 58.9. The van der Waals surface area contributed by atoms with Gasteiger partial charge in [-0.25, -0.2) is 8.42 Å². The average molecular weight is 324 g/mol. The van der Waals surface area contributed by atoms with Crippen LogP contribution < -0.4 is 0 Å². The van der Waals surface area contributed by atoms with Crippen molar-refractivity contribution in [1.82, 2.24) is 9.91 Å². The molecule has 0 aromatic heterocycles. The second-order valence-corrected chi connectivity index (χ2v) is 5.56. The molecule has 1 aliphatic heterocycles. The van der Waals surface area contributed by atoms with E-state index < -0.39 is 15.6 Å². The molecule has 21 heavy (non-hydrogen) atoms. The smallest absolute Gasteiger partial charge is 0.485 e. The molecule has 1 aromatic rings. The van der Waals surface area contributed by atoms with Gasteiger partial charge < -0.3 is 9.45 Å². The van der Waals surface area contributed by atoms with E-state index in [0.717, 1.165) is 12.5 Å². The third-order valence-corrected chi connectivity index (χ3v) is 2.93. The number of hydrogen-bond acceptors (Lipinski definition) is 6. The zero-order valence-corrected chi connectivity index (χ0v) is 12.0. The topological polar surface area (TPSA) is 76.0 Å². The Bertz CT molecular complexity index is 602. The third-order valence-electron chi connectivity index (χ3n) is 2.36. The molecule has 10 heteroatoms. The summed E-state index contributed by atoms with van der Waals surface area (Å²) in [5, 5.41) is 6.35. The van der Waals surface area contributed by atoms with E-state index in [1.165, 1.54) is 5.56 Å². The van der Waals surface area contributed by atoms with E-state index in [0.29, 0.717) is 0 Å². The number of halogens is 3. The molecule has 118 valence electrons. The maximum Gasteiger partial charge on any atom is 0.485 e. The van der Waals surface area contributed by atoms with E-state index in [4.69, 9.17) is 13.0 Å². The number of hydrogen-bond donors (Lipinski definition) is 0. The molecule has 1 heterocycles. The molecule has 0 saturated heterocycles. The fraction of sp³-hybridized carbons (Fsp3) is 0.364. The van der Waals surface area contributed by atoms with E-state index in [1.807, 2.05) is 30.3 Å². The van der Waals surface area contributed by atoms with Crippen molar-refractivity contribution < 1.29 is 26.1 Å². The van der Waals surface area contributed by atoms with Crippen LogP contribution >= 0.6 is 0 Å². The highest BCUT2D eigenvalue weighted by Gasteiger charge is 2.36. The summed E-state index contributed by atoms with van der Waals surface area (Å²) in [6.45, 7) is 0.865. The maximum absolute atomic E-state index is 10.7. The summed E-state index contributed by atoms with van der Waals surface area (Å²) in [6, 6.07) is 10.2. The molecule has 0 amide bonds. The minimum Gasteiger partial charge on any atom is -0.741 e. The molecular weight excluding hydrogens is 311 g/mol. The number of rotatable bonds is 1. The van der Waals surface area contributed by atoms with Crippen LogP contribution in [0.25, 0.3) is 0 Å². The van der Waals surface area contributed by atoms with E-state index >= 15 is 0 Å². The van der Waals surface area contributed by atoms with Crippen molar-refractivity contribution in [2.45, 2.75) is 5.51 Å². The molecule has 0 fully saturated rings. The molecular formula is C11H13F3N3O3S-. The predicted molar refractivity (Wildman–Crippen MR) is 69.1 cm³/mol. The van der Waals surface area contributed by atoms with Gasteiger partial charge in [-0.2, -0.15) is 18.3 Å². The van der Waals surface area contributed by atoms with Gasteiger partial charge in [-0.05, 0) is 0 Å². The molecule has 0 bridgehead atoms. The monoisotopic (exact) mass is 324 g/mol. The van der Waals surface area contributed by atoms with Crippen molar-refractivity contribution in [3.05, 3.63) is 35.9 Å². The Hall–Kier alpha value is -1.81. The van der Waals surface area contributed by atoms with Crippen LogP contribution in [0.2, 0.25) is 0 Å². The van der Waals surface area contributed by atoms with Crippen LogP contribution in [0.5, 0.6) is 0 Å². The molecule has 0 aliphatic carbocycles. The quantitative estimate of drug-likeness (QED) is 0.574. The summed E-state index contributed by atoms with van der Waals surface area (Å²) in [5.41, 5.74) is -4.47. The standard InChI is InChI=1S/C10H13N3.CHF3O3S/c1-12-8-13(2)11-10(12)9-6-4-3-5-7-9;2-1(3,4)8(5,6)7/h3-7H,8H2,1-2H3;(H,5,6,7)/p-1. The highest BCUT2D eigenvalue weighted by Crippen LogP contribution is 2.20. The van der Waals surface area contributed by atoms with Crippen molar-refractivity contribution in [1.29, 1.82) is 0 Å². The molecule has 2 rings (SSSR count). The van der Waals surface area contributed by atoms with Gasteiger partial charge in [-0.15, -0.1) is 0 Å². The molecule has 0 spiro atoms. The lowest BCUT2D eigenvalue weighted by molar-refractivity contribution is -0.0517. The summed E-state index contributed by atoms with van der Waals surface area (Å²) >= 11 is 0. The van der Waals surface area contributed by atoms with Gasteiger partial charge in [-0.3, -0.25) is 5.01 Å². The fourth-order valence-corrected chi connectivity index (χ4v) is 1.51. The second-order valence-electron chi connectivity index (χ2n) is 4.19. The Morgan fingerprint density at radius 2 is 1.67 bits per heavy atom. The average Bonchev–Trinajstić information content (AvgIpc) is 2.68. The lowest BCUT2D eigenvalue weighted by Gasteiger charge is -2.13. The maximum atomic E-state index is 10.7. The number of amidine groups is 1. The van der Waals surface area contributed by atoms with Gasteiger partial charge in [0.1, 0.15) is 6.67 Å². The summed E-state index contributed by atoms with van der Waals surface area (Å²) in [6.07, 6.45) is 0. The Kier molecular flexibility index (Phi) is 5.18. The first-order valence-corrected chi connectivity index (χ1v) is 7.01. The van der Waals surface area contributed by atoms with E-state index in [9.17, 15) is 13.2 Å². The van der Waals surface area contributed by atoms with Gasteiger partial charge in [0.15, 0.2) is 16.0 Å². The number of alkyl halides is 3. The van der Waals surface area contributed by atoms with Crippen LogP contribution in [0.1, 0.15) is 5.56 Å². The van der Waals surface area contributed by atoms with Gasteiger partial charge in [0.25, 0.3) is 0 Å². The van der Waals surface area contributed by atoms with E-state index in [-0.39, 0.29) is 0 Å². The fourth-order valence-electron chi connectivity index (χ4n) is 1.51. The van der Waals surface area contributed by atoms with E-state index in [2.05, 4.69) is 29.2 Å². The van der Waals surface area contributed by atoms with Crippen molar-refractivity contribution in [3.8, 4) is 0 Å². The molecule has 6 nitrogen and oxygen atoms in total. The Morgan fingerprint density at radius 3 is 2.00 bits per heavy atom. The Balaban J connectivity index is 0.000000240. The Morgan fingerprint density at radius 1 is 1.19 bits per heavy atom. The lowest BCUT2D eigenvalue weighted by Crippen LogP contribution is -2.25. The zero-order valence-electron chi connectivity index (χ0n) is 11.2. The van der Waals surface area contributed by atoms with Crippen LogP contribution in [0.4, 0.5) is 13.2 Å². The minimum absolute atomic E-state index is 0.865. The second kappa shape index (κ2) is 6.31. The molecule has 1 aromatic carbocycles. The number of nitrogens with zero attached hydrogens (tertiary/aromatic N) is 3. The molecule has 0 N–H and O–H groups in total. The normalized spacial score (nSPS) is 15.4. The number of benzene rings is 1. The van der Waals surface area contributed by atoms with Crippen molar-refractivity contribution in [2.75, 3.05) is 20.8 Å². The first-order chi connectivity index (χ1) is 9.52. The molecule has 0 radical (unpaired) electrons. The number of hydrazone groups is 1. The van der Waals surface area contributed by atoms with Crippen molar-refractivity contribution in [3.63, 3.8) is 0 Å². The van der Waals surface area contributed by atoms with Crippen LogP contribution in [-0.4, -0.2) is 55.0 Å². The first-order valence-electron chi connectivity index (χ1n) is 5.61. The molecule has 0 unspecified atom stereocenters. The Labute approximate surface area is 120 Å². The van der Waals surface area contributed by atoms with E-state index in [1.54, 1.807) is 0 Å². The highest BCUT2D eigenvalue weighted by atomic mass is 32.2. The van der Waals surface area contributed by atoms with Crippen LogP contribution in [-0.2, 0) is 10.1 Å². The SMILES string of the molecule is CN1CN(C)C(c2ccccc2)=N1.O=S(=O)([O-])C(F)(F)F. The largest absolute Gasteiger partial charge is 0.741 e. The van der Waals surface area contributed by atoms with Gasteiger partial charge in [0.2, 0.25) is 0 Å². The van der Waals surface area contributed by atoms with Crippen LogP contribution in [0.15, 0.2) is 35.4 Å². The minimum atomic E-state index is -6.09. The van der Waals surface area contributed by atoms with Gasteiger partial charge in [-0.1, -0.05) is 30.3 Å². The zero-order chi connectivity index (χ0) is 16.3. The summed E-state index contributed by atoms with van der Waals surface area (Å²) in [4.78, 5) is 2.13. The van der Waals surface area contributed by atoms with Crippen molar-refractivity contribution >= 4 is 16.0 Å². The summed E-state index contributed by atoms with van der Waals surface area (Å²) in [5.74, 6) is 1.04. The molecule has 1 aliphatic rings. The first kappa shape index (κ1) is 17.2. The van der Waals surface area contributed by atoms with Crippen molar-refractivity contribution in [2.24, 2.45) is 5.10 Å². The van der Waals surface area contributed by atoms with Crippen LogP contribution in [0, 0.1) is 0 Å². The predicted octanol–water partition coefficient (Wildman–Crippen LogP) is 1.23. The highest BCUT2D eigenvalue weighted by molar-refractivity contribution is 7.86. The molecule has 0 atom stereocenters. The van der Waals surface area contributed by atoms with Crippen LogP contribution in [0.3, 0.4) is 0 Å². The van der Waals surface area contributed by atoms with Gasteiger partial charge >= 0.3 is 5.51 Å². The lowest BCUT2D eigenvalue weighted by atomic mass is 10.2. The van der Waals surface area contributed by atoms with Gasteiger partial charge in [0.05, 0.1) is 0 Å². The van der Waals surface area contributed by atoms with Gasteiger partial charge in [0, 0.05) is 19.7 Å². The molecule has 0 saturated carbocycles.